The molecule has 1 saturated heterocycles. The van der Waals surface area contributed by atoms with E-state index in [1.54, 1.807) is 12.1 Å². The second kappa shape index (κ2) is 7.65. The highest BCUT2D eigenvalue weighted by Gasteiger charge is 2.38. The van der Waals surface area contributed by atoms with Gasteiger partial charge in [0.1, 0.15) is 23.7 Å². The molecule has 1 amide bonds. The molecule has 1 unspecified atom stereocenters. The molecule has 0 saturated carbocycles. The normalized spacial score (nSPS) is 18.8. The number of anilines is 1. The summed E-state index contributed by atoms with van der Waals surface area (Å²) in [4.78, 5) is 13.4. The van der Waals surface area contributed by atoms with E-state index in [9.17, 15) is 18.0 Å². The first-order valence-corrected chi connectivity index (χ1v) is 8.15. The molecule has 0 radical (unpaired) electrons. The molecule has 0 bridgehead atoms. The molecule has 0 aliphatic carbocycles. The predicted molar refractivity (Wildman–Crippen MR) is 87.9 cm³/mol. The average molecular weight is 389 g/mol. The Balaban J connectivity index is 1.67. The first-order chi connectivity index (χ1) is 12.8. The topological polar surface area (TPSA) is 81.4 Å². The molecule has 1 aliphatic heterocycles. The highest BCUT2D eigenvalue weighted by atomic mass is 19.4. The largest absolute Gasteiger partial charge is 0.493 e. The molecule has 7 nitrogen and oxygen atoms in total. The number of hydrogen-bond acceptors (Lipinski definition) is 6. The van der Waals surface area contributed by atoms with Crippen LogP contribution in [0.1, 0.15) is 6.42 Å². The van der Waals surface area contributed by atoms with E-state index in [0.29, 0.717) is 29.0 Å². The molecule has 1 fully saturated rings. The number of alkyl halides is 3. The Morgan fingerprint density at radius 2 is 2.19 bits per heavy atom. The van der Waals surface area contributed by atoms with Gasteiger partial charge in [0.25, 0.3) is 0 Å². The third-order valence-electron chi connectivity index (χ3n) is 4.08. The summed E-state index contributed by atoms with van der Waals surface area (Å²) in [7, 11) is 1.51. The molecule has 27 heavy (non-hydrogen) atoms. The number of nitrogens with zero attached hydrogens (tertiary/aromatic N) is 1. The Morgan fingerprint density at radius 3 is 2.89 bits per heavy atom. The molecule has 0 spiro atoms. The standard InChI is InChI=1S/C17H18F3NO6/c1-24-8-11-7-21(16(23)27-11)13-9-26-14-6-10(2-3-12(13)14)25-5-4-15(22)17(18,19)20/h2-3,6,9,11,15,22H,4-5,7-8H2,1H3/t11-,15?/m1/s1. The highest BCUT2D eigenvalue weighted by molar-refractivity contribution is 6.01. The number of carbonyl (C=O) groups excluding carboxylic acids is 1. The Labute approximate surface area is 152 Å². The number of aliphatic hydroxyl groups excluding tert-OH is 1. The first-order valence-electron chi connectivity index (χ1n) is 8.15. The van der Waals surface area contributed by atoms with Gasteiger partial charge in [-0.15, -0.1) is 0 Å². The third kappa shape index (κ3) is 4.28. The molecular formula is C17H18F3NO6. The van der Waals surface area contributed by atoms with Crippen LogP contribution in [0.4, 0.5) is 23.7 Å². The van der Waals surface area contributed by atoms with Gasteiger partial charge in [0.15, 0.2) is 6.10 Å². The van der Waals surface area contributed by atoms with E-state index in [2.05, 4.69) is 0 Å². The van der Waals surface area contributed by atoms with Crippen molar-refractivity contribution in [3.63, 3.8) is 0 Å². The lowest BCUT2D eigenvalue weighted by Crippen LogP contribution is -2.30. The first kappa shape index (κ1) is 19.3. The number of furan rings is 1. The van der Waals surface area contributed by atoms with E-state index in [-0.39, 0.29) is 19.3 Å². The van der Waals surface area contributed by atoms with Gasteiger partial charge in [-0.05, 0) is 12.1 Å². The van der Waals surface area contributed by atoms with E-state index >= 15 is 0 Å². The second-order valence-electron chi connectivity index (χ2n) is 6.05. The minimum atomic E-state index is -4.67. The van der Waals surface area contributed by atoms with Crippen molar-refractivity contribution in [1.82, 2.24) is 0 Å². The second-order valence-corrected chi connectivity index (χ2v) is 6.05. The van der Waals surface area contributed by atoms with Gasteiger partial charge in [-0.25, -0.2) is 4.79 Å². The summed E-state index contributed by atoms with van der Waals surface area (Å²) in [5.41, 5.74) is 0.925. The molecule has 2 heterocycles. The zero-order valence-corrected chi connectivity index (χ0v) is 14.4. The number of fused-ring (bicyclic) bond motifs is 1. The fourth-order valence-electron chi connectivity index (χ4n) is 2.74. The summed E-state index contributed by atoms with van der Waals surface area (Å²) in [6, 6.07) is 4.70. The number of ether oxygens (including phenoxy) is 3. The molecule has 1 aromatic heterocycles. The molecule has 1 N–H and O–H groups in total. The van der Waals surface area contributed by atoms with Crippen molar-refractivity contribution < 1.29 is 41.7 Å². The number of cyclic esters (lactones) is 1. The van der Waals surface area contributed by atoms with Crippen molar-refractivity contribution in [3.05, 3.63) is 24.5 Å². The number of halogens is 3. The van der Waals surface area contributed by atoms with Crippen molar-refractivity contribution >= 4 is 22.7 Å². The van der Waals surface area contributed by atoms with Gasteiger partial charge in [0.05, 0.1) is 25.4 Å². The summed E-state index contributed by atoms with van der Waals surface area (Å²) in [6.07, 6.45) is -7.17. The summed E-state index contributed by atoms with van der Waals surface area (Å²) in [5.74, 6) is 0.291. The van der Waals surface area contributed by atoms with Gasteiger partial charge in [0.2, 0.25) is 0 Å². The van der Waals surface area contributed by atoms with Crippen LogP contribution in [0.15, 0.2) is 28.9 Å². The zero-order valence-electron chi connectivity index (χ0n) is 14.4. The Hall–Kier alpha value is -2.46. The van der Waals surface area contributed by atoms with Crippen LogP contribution < -0.4 is 9.64 Å². The SMILES string of the molecule is COC[C@H]1CN(c2coc3cc(OCCC(O)C(F)(F)F)ccc23)C(=O)O1. The van der Waals surface area contributed by atoms with Crippen LogP contribution in [-0.2, 0) is 9.47 Å². The third-order valence-corrected chi connectivity index (χ3v) is 4.08. The Bertz CT molecular complexity index is 806. The molecule has 148 valence electrons. The van der Waals surface area contributed by atoms with Gasteiger partial charge >= 0.3 is 12.3 Å². The lowest BCUT2D eigenvalue weighted by molar-refractivity contribution is -0.206. The van der Waals surface area contributed by atoms with Gasteiger partial charge in [-0.1, -0.05) is 0 Å². The Morgan fingerprint density at radius 1 is 1.41 bits per heavy atom. The van der Waals surface area contributed by atoms with Gasteiger partial charge in [0, 0.05) is 25.0 Å². The van der Waals surface area contributed by atoms with Crippen molar-refractivity contribution in [1.29, 1.82) is 0 Å². The lowest BCUT2D eigenvalue weighted by atomic mass is 10.2. The molecule has 10 heteroatoms. The fourth-order valence-corrected chi connectivity index (χ4v) is 2.74. The maximum absolute atomic E-state index is 12.3. The van der Waals surface area contributed by atoms with Crippen molar-refractivity contribution in [2.75, 3.05) is 31.8 Å². The fraction of sp³-hybridized carbons (Fsp3) is 0.471. The minimum Gasteiger partial charge on any atom is -0.493 e. The van der Waals surface area contributed by atoms with Crippen LogP contribution in [0.25, 0.3) is 11.0 Å². The van der Waals surface area contributed by atoms with Crippen molar-refractivity contribution in [2.24, 2.45) is 0 Å². The van der Waals surface area contributed by atoms with Crippen molar-refractivity contribution in [3.8, 4) is 5.75 Å². The summed E-state index contributed by atoms with van der Waals surface area (Å²) in [5, 5.41) is 9.59. The smallest absolute Gasteiger partial charge is 0.414 e. The number of benzene rings is 1. The predicted octanol–water partition coefficient (Wildman–Crippen LogP) is 3.10. The van der Waals surface area contributed by atoms with Crippen LogP contribution in [0.3, 0.4) is 0 Å². The summed E-state index contributed by atoms with van der Waals surface area (Å²) in [6.45, 7) is 0.283. The van der Waals surface area contributed by atoms with Crippen LogP contribution in [0.2, 0.25) is 0 Å². The van der Waals surface area contributed by atoms with E-state index in [1.165, 1.54) is 24.3 Å². The van der Waals surface area contributed by atoms with Gasteiger partial charge in [-0.3, -0.25) is 4.90 Å². The van der Waals surface area contributed by atoms with E-state index in [4.69, 9.17) is 23.7 Å². The quantitative estimate of drug-likeness (QED) is 0.784. The maximum atomic E-state index is 12.3. The highest BCUT2D eigenvalue weighted by Crippen LogP contribution is 2.34. The number of methoxy groups -OCH3 is 1. The van der Waals surface area contributed by atoms with Gasteiger partial charge < -0.3 is 23.7 Å². The van der Waals surface area contributed by atoms with E-state index < -0.39 is 24.8 Å². The van der Waals surface area contributed by atoms with Crippen LogP contribution in [0, 0.1) is 0 Å². The van der Waals surface area contributed by atoms with Crippen molar-refractivity contribution in [2.45, 2.75) is 24.8 Å². The monoisotopic (exact) mass is 389 g/mol. The number of aliphatic hydroxyl groups is 1. The zero-order chi connectivity index (χ0) is 19.6. The minimum absolute atomic E-state index is 0.278. The van der Waals surface area contributed by atoms with Gasteiger partial charge in [-0.2, -0.15) is 13.2 Å². The average Bonchev–Trinajstić information content (AvgIpc) is 3.17. The molecule has 3 rings (SSSR count). The van der Waals surface area contributed by atoms with E-state index in [1.807, 2.05) is 0 Å². The molecule has 2 aromatic rings. The number of carbonyl (C=O) groups is 1. The number of amides is 1. The van der Waals surface area contributed by atoms with Crippen LogP contribution in [-0.4, -0.2) is 56.5 Å². The summed E-state index contributed by atoms with van der Waals surface area (Å²) < 4.78 is 57.7. The Kier molecular flexibility index (Phi) is 5.47. The molecule has 1 aliphatic rings. The maximum Gasteiger partial charge on any atom is 0.414 e. The van der Waals surface area contributed by atoms with Crippen LogP contribution in [0.5, 0.6) is 5.75 Å². The summed E-state index contributed by atoms with van der Waals surface area (Å²) >= 11 is 0. The lowest BCUT2D eigenvalue weighted by Gasteiger charge is -2.14. The number of rotatable bonds is 7. The molecular weight excluding hydrogens is 371 g/mol. The van der Waals surface area contributed by atoms with E-state index in [0.717, 1.165) is 0 Å². The number of hydrogen-bond donors (Lipinski definition) is 1. The van der Waals surface area contributed by atoms with Crippen LogP contribution >= 0.6 is 0 Å². The molecule has 1 aromatic carbocycles. The molecule has 2 atom stereocenters.